The summed E-state index contributed by atoms with van der Waals surface area (Å²) < 4.78 is 5.65. The van der Waals surface area contributed by atoms with Crippen LogP contribution in [0, 0.1) is 6.92 Å². The van der Waals surface area contributed by atoms with Crippen LogP contribution in [0.25, 0.3) is 10.9 Å². The number of pyridine rings is 1. The summed E-state index contributed by atoms with van der Waals surface area (Å²) in [5.41, 5.74) is 2.92. The highest BCUT2D eigenvalue weighted by Crippen LogP contribution is 2.46. The lowest BCUT2D eigenvalue weighted by molar-refractivity contribution is -0.0898. The molecule has 5 heteroatoms. The smallest absolute Gasteiger partial charge is 0.410 e. The molecule has 5 rings (SSSR count). The predicted molar refractivity (Wildman–Crippen MR) is 120 cm³/mol. The van der Waals surface area contributed by atoms with Crippen LogP contribution < -0.4 is 0 Å². The van der Waals surface area contributed by atoms with Crippen molar-refractivity contribution in [3.8, 4) is 0 Å². The maximum Gasteiger partial charge on any atom is 0.410 e. The van der Waals surface area contributed by atoms with Crippen LogP contribution in [0.15, 0.2) is 60.8 Å². The Morgan fingerprint density at radius 3 is 2.58 bits per heavy atom. The number of rotatable bonds is 3. The van der Waals surface area contributed by atoms with Crippen molar-refractivity contribution in [3.05, 3.63) is 77.5 Å². The molecule has 3 aromatic rings. The van der Waals surface area contributed by atoms with Gasteiger partial charge in [-0.3, -0.25) is 4.98 Å². The molecule has 3 heterocycles. The van der Waals surface area contributed by atoms with Gasteiger partial charge in [-0.05, 0) is 48.9 Å². The molecule has 1 amide bonds. The van der Waals surface area contributed by atoms with E-state index in [1.165, 1.54) is 0 Å². The van der Waals surface area contributed by atoms with Gasteiger partial charge in [-0.25, -0.2) is 4.79 Å². The van der Waals surface area contributed by atoms with Crippen molar-refractivity contribution < 1.29 is 14.6 Å². The Kier molecular flexibility index (Phi) is 5.14. The van der Waals surface area contributed by atoms with Crippen LogP contribution in [0.1, 0.15) is 48.8 Å². The number of aliphatic hydroxyl groups is 1. The van der Waals surface area contributed by atoms with Crippen molar-refractivity contribution >= 4 is 17.0 Å². The monoisotopic (exact) mass is 416 g/mol. The number of carbonyl (C=O) groups is 1. The fourth-order valence-electron chi connectivity index (χ4n) is 5.54. The van der Waals surface area contributed by atoms with E-state index in [2.05, 4.69) is 4.98 Å². The Balaban J connectivity index is 1.38. The number of aryl methyl sites for hydroxylation is 1. The molecular formula is C26H28N2O3. The Labute approximate surface area is 182 Å². The minimum absolute atomic E-state index is 0.0143. The average molecular weight is 417 g/mol. The molecule has 2 saturated heterocycles. The Morgan fingerprint density at radius 2 is 1.84 bits per heavy atom. The molecule has 0 saturated carbocycles. The first kappa shape index (κ1) is 20.0. The van der Waals surface area contributed by atoms with Gasteiger partial charge in [0.05, 0.1) is 11.1 Å². The summed E-state index contributed by atoms with van der Waals surface area (Å²) in [4.78, 5) is 19.4. The van der Waals surface area contributed by atoms with Crippen molar-refractivity contribution in [3.63, 3.8) is 0 Å². The number of amides is 1. The molecule has 31 heavy (non-hydrogen) atoms. The molecule has 0 radical (unpaired) electrons. The van der Waals surface area contributed by atoms with Gasteiger partial charge in [-0.2, -0.15) is 0 Å². The SMILES string of the molecule is Cc1c(C2(O)CC3CCCC(C2)N3C(=O)OCc2ccccc2)ccc2cccnc12. The molecular weight excluding hydrogens is 388 g/mol. The molecule has 1 N–H and O–H groups in total. The Bertz CT molecular complexity index is 1080. The zero-order valence-electron chi connectivity index (χ0n) is 17.8. The van der Waals surface area contributed by atoms with E-state index in [9.17, 15) is 9.90 Å². The topological polar surface area (TPSA) is 62.7 Å². The van der Waals surface area contributed by atoms with Crippen LogP contribution in [0.4, 0.5) is 4.79 Å². The predicted octanol–water partition coefficient (Wildman–Crippen LogP) is 5.08. The normalized spacial score (nSPS) is 25.4. The van der Waals surface area contributed by atoms with Crippen molar-refractivity contribution in [2.75, 3.05) is 0 Å². The molecule has 0 spiro atoms. The minimum atomic E-state index is -0.957. The van der Waals surface area contributed by atoms with E-state index >= 15 is 0 Å². The second-order valence-electron chi connectivity index (χ2n) is 8.94. The van der Waals surface area contributed by atoms with Gasteiger partial charge in [-0.1, -0.05) is 48.5 Å². The highest BCUT2D eigenvalue weighted by Gasteiger charge is 2.49. The van der Waals surface area contributed by atoms with E-state index in [-0.39, 0.29) is 24.8 Å². The van der Waals surface area contributed by atoms with Crippen molar-refractivity contribution in [2.24, 2.45) is 0 Å². The van der Waals surface area contributed by atoms with E-state index in [1.807, 2.05) is 66.4 Å². The molecule has 5 nitrogen and oxygen atoms in total. The molecule has 2 fully saturated rings. The summed E-state index contributed by atoms with van der Waals surface area (Å²) in [7, 11) is 0. The summed E-state index contributed by atoms with van der Waals surface area (Å²) >= 11 is 0. The molecule has 1 aromatic heterocycles. The average Bonchev–Trinajstić information content (AvgIpc) is 2.78. The Hall–Kier alpha value is -2.92. The van der Waals surface area contributed by atoms with E-state index in [0.717, 1.165) is 46.9 Å². The number of nitrogens with zero attached hydrogens (tertiary/aromatic N) is 2. The quantitative estimate of drug-likeness (QED) is 0.646. The second-order valence-corrected chi connectivity index (χ2v) is 8.94. The summed E-state index contributed by atoms with van der Waals surface area (Å²) in [5.74, 6) is 0. The largest absolute Gasteiger partial charge is 0.445 e. The van der Waals surface area contributed by atoms with Crippen LogP contribution in [0.3, 0.4) is 0 Å². The lowest BCUT2D eigenvalue weighted by Gasteiger charge is -2.51. The van der Waals surface area contributed by atoms with Crippen molar-refractivity contribution in [2.45, 2.75) is 63.3 Å². The molecule has 2 aliphatic heterocycles. The van der Waals surface area contributed by atoms with E-state index in [4.69, 9.17) is 4.74 Å². The number of hydrogen-bond acceptors (Lipinski definition) is 4. The molecule has 2 atom stereocenters. The zero-order valence-corrected chi connectivity index (χ0v) is 17.8. The van der Waals surface area contributed by atoms with Crippen LogP contribution in [0.2, 0.25) is 0 Å². The van der Waals surface area contributed by atoms with E-state index in [0.29, 0.717) is 12.8 Å². The summed E-state index contributed by atoms with van der Waals surface area (Å²) in [6.07, 6.45) is 5.45. The number of hydrogen-bond donors (Lipinski definition) is 1. The number of benzene rings is 2. The maximum absolute atomic E-state index is 13.0. The standard InChI is InChI=1S/C26H28N2O3/c1-18-23(13-12-20-9-6-14-27-24(18)20)26(30)15-21-10-5-11-22(16-26)28(21)25(29)31-17-19-7-3-2-4-8-19/h2-4,6-9,12-14,21-22,30H,5,10-11,15-17H2,1H3. The van der Waals surface area contributed by atoms with Gasteiger partial charge in [0.15, 0.2) is 0 Å². The van der Waals surface area contributed by atoms with E-state index < -0.39 is 5.60 Å². The fourth-order valence-corrected chi connectivity index (χ4v) is 5.54. The first-order chi connectivity index (χ1) is 15.0. The number of fused-ring (bicyclic) bond motifs is 3. The first-order valence-electron chi connectivity index (χ1n) is 11.1. The zero-order chi connectivity index (χ0) is 21.4. The van der Waals surface area contributed by atoms with Crippen LogP contribution in [-0.4, -0.2) is 33.2 Å². The number of aromatic nitrogens is 1. The third-order valence-corrected chi connectivity index (χ3v) is 6.95. The third kappa shape index (κ3) is 3.68. The summed E-state index contributed by atoms with van der Waals surface area (Å²) in [6.45, 7) is 2.31. The number of ether oxygens (including phenoxy) is 1. The first-order valence-corrected chi connectivity index (χ1v) is 11.1. The lowest BCUT2D eigenvalue weighted by Crippen LogP contribution is -2.59. The summed E-state index contributed by atoms with van der Waals surface area (Å²) in [5, 5.41) is 12.9. The van der Waals surface area contributed by atoms with Gasteiger partial charge >= 0.3 is 6.09 Å². The van der Waals surface area contributed by atoms with Gasteiger partial charge in [0.2, 0.25) is 0 Å². The van der Waals surface area contributed by atoms with Gasteiger partial charge in [0, 0.05) is 36.5 Å². The highest BCUT2D eigenvalue weighted by atomic mass is 16.6. The van der Waals surface area contributed by atoms with Crippen LogP contribution in [-0.2, 0) is 16.9 Å². The minimum Gasteiger partial charge on any atom is -0.445 e. The molecule has 2 bridgehead atoms. The fraction of sp³-hybridized carbons (Fsp3) is 0.385. The number of carbonyl (C=O) groups excluding carboxylic acids is 1. The van der Waals surface area contributed by atoms with Gasteiger partial charge in [0.1, 0.15) is 6.61 Å². The third-order valence-electron chi connectivity index (χ3n) is 6.95. The molecule has 2 aliphatic rings. The van der Waals surface area contributed by atoms with Gasteiger partial charge < -0.3 is 14.7 Å². The maximum atomic E-state index is 13.0. The number of piperidine rings is 2. The van der Waals surface area contributed by atoms with Gasteiger partial charge in [0.25, 0.3) is 0 Å². The van der Waals surface area contributed by atoms with Crippen molar-refractivity contribution in [1.82, 2.24) is 9.88 Å². The molecule has 0 aliphatic carbocycles. The highest BCUT2D eigenvalue weighted by molar-refractivity contribution is 5.83. The Morgan fingerprint density at radius 1 is 1.10 bits per heavy atom. The van der Waals surface area contributed by atoms with Crippen LogP contribution >= 0.6 is 0 Å². The van der Waals surface area contributed by atoms with Gasteiger partial charge in [-0.15, -0.1) is 0 Å². The summed E-state index contributed by atoms with van der Waals surface area (Å²) in [6, 6.07) is 17.8. The molecule has 2 aromatic carbocycles. The second kappa shape index (κ2) is 7.97. The molecule has 2 unspecified atom stereocenters. The molecule has 160 valence electrons. The lowest BCUT2D eigenvalue weighted by atomic mass is 9.71. The van der Waals surface area contributed by atoms with E-state index in [1.54, 1.807) is 6.20 Å². The van der Waals surface area contributed by atoms with Crippen LogP contribution in [0.5, 0.6) is 0 Å². The van der Waals surface area contributed by atoms with Crippen molar-refractivity contribution in [1.29, 1.82) is 0 Å².